The number of ether oxygens (including phenoxy) is 1. The Kier molecular flexibility index (Phi) is 3.90. The first kappa shape index (κ1) is 14.7. The largest absolute Gasteiger partial charge is 0.497 e. The zero-order valence-electron chi connectivity index (χ0n) is 12.7. The predicted molar refractivity (Wildman–Crippen MR) is 89.2 cm³/mol. The van der Waals surface area contributed by atoms with Crippen molar-refractivity contribution in [3.8, 4) is 11.6 Å². The van der Waals surface area contributed by atoms with Crippen molar-refractivity contribution in [3.05, 3.63) is 41.6 Å². The number of nitrogens with zero attached hydrogens (tertiary/aromatic N) is 3. The molecule has 0 fully saturated rings. The lowest BCUT2D eigenvalue weighted by molar-refractivity contribution is 0.415. The number of fused-ring (bicyclic) bond motifs is 1. The Morgan fingerprint density at radius 1 is 1.23 bits per heavy atom. The van der Waals surface area contributed by atoms with E-state index in [9.17, 15) is 0 Å². The van der Waals surface area contributed by atoms with Crippen LogP contribution in [0.3, 0.4) is 0 Å². The molecule has 114 valence electrons. The van der Waals surface area contributed by atoms with Crippen LogP contribution in [0.1, 0.15) is 13.8 Å². The molecule has 0 spiro atoms. The van der Waals surface area contributed by atoms with Gasteiger partial charge in [0.05, 0.1) is 17.6 Å². The van der Waals surface area contributed by atoms with Gasteiger partial charge in [0.25, 0.3) is 0 Å². The number of rotatable bonds is 4. The van der Waals surface area contributed by atoms with E-state index in [4.69, 9.17) is 16.3 Å². The lowest BCUT2D eigenvalue weighted by Gasteiger charge is -2.08. The number of hydrogen-bond acceptors (Lipinski definition) is 4. The quantitative estimate of drug-likeness (QED) is 0.793. The van der Waals surface area contributed by atoms with Crippen molar-refractivity contribution in [3.63, 3.8) is 0 Å². The highest BCUT2D eigenvalue weighted by Crippen LogP contribution is 2.27. The summed E-state index contributed by atoms with van der Waals surface area (Å²) >= 11 is 6.36. The van der Waals surface area contributed by atoms with Crippen molar-refractivity contribution in [1.29, 1.82) is 0 Å². The number of anilines is 1. The van der Waals surface area contributed by atoms with Gasteiger partial charge in [-0.15, -0.1) is 5.10 Å². The summed E-state index contributed by atoms with van der Waals surface area (Å²) in [5, 5.41) is 9.24. The average molecular weight is 317 g/mol. The predicted octanol–water partition coefficient (Wildman–Crippen LogP) is 3.90. The van der Waals surface area contributed by atoms with Gasteiger partial charge in [-0.3, -0.25) is 0 Å². The highest BCUT2D eigenvalue weighted by Gasteiger charge is 2.09. The first-order chi connectivity index (χ1) is 10.6. The molecule has 0 radical (unpaired) electrons. The van der Waals surface area contributed by atoms with Crippen molar-refractivity contribution in [2.45, 2.75) is 19.9 Å². The minimum atomic E-state index is 0.320. The highest BCUT2D eigenvalue weighted by molar-refractivity contribution is 6.35. The van der Waals surface area contributed by atoms with Crippen molar-refractivity contribution in [2.24, 2.45) is 0 Å². The highest BCUT2D eigenvalue weighted by atomic mass is 35.5. The van der Waals surface area contributed by atoms with E-state index in [2.05, 4.69) is 29.2 Å². The zero-order valence-corrected chi connectivity index (χ0v) is 13.4. The average Bonchev–Trinajstić information content (AvgIpc) is 2.94. The van der Waals surface area contributed by atoms with Crippen LogP contribution in [0.4, 0.5) is 5.82 Å². The van der Waals surface area contributed by atoms with Gasteiger partial charge in [0, 0.05) is 35.8 Å². The summed E-state index contributed by atoms with van der Waals surface area (Å²) in [6, 6.07) is 9.67. The summed E-state index contributed by atoms with van der Waals surface area (Å²) in [5.74, 6) is 2.22. The number of aromatic nitrogens is 3. The Labute approximate surface area is 133 Å². The molecule has 5 nitrogen and oxygen atoms in total. The maximum absolute atomic E-state index is 6.36. The fraction of sp³-hybridized carbons (Fsp3) is 0.250. The van der Waals surface area contributed by atoms with Gasteiger partial charge in [0.1, 0.15) is 11.6 Å². The van der Waals surface area contributed by atoms with E-state index in [-0.39, 0.29) is 0 Å². The van der Waals surface area contributed by atoms with Gasteiger partial charge in [-0.2, -0.15) is 0 Å². The van der Waals surface area contributed by atoms with Crippen molar-refractivity contribution >= 4 is 28.3 Å². The van der Waals surface area contributed by atoms with Crippen LogP contribution in [0.2, 0.25) is 5.02 Å². The molecule has 1 N–H and O–H groups in total. The molecule has 3 aromatic rings. The molecule has 3 rings (SSSR count). The molecule has 0 unspecified atom stereocenters. The minimum absolute atomic E-state index is 0.320. The molecule has 0 saturated heterocycles. The Morgan fingerprint density at radius 3 is 2.77 bits per heavy atom. The smallest absolute Gasteiger partial charge is 0.155 e. The summed E-state index contributed by atoms with van der Waals surface area (Å²) in [5.41, 5.74) is 0.774. The minimum Gasteiger partial charge on any atom is -0.497 e. The molecular formula is C16H17ClN4O. The van der Waals surface area contributed by atoms with Crippen LogP contribution in [-0.2, 0) is 0 Å². The first-order valence-corrected chi connectivity index (χ1v) is 7.41. The molecule has 1 aromatic carbocycles. The van der Waals surface area contributed by atoms with Crippen LogP contribution in [0, 0.1) is 0 Å². The second-order valence-corrected chi connectivity index (χ2v) is 5.70. The van der Waals surface area contributed by atoms with Gasteiger partial charge in [-0.05, 0) is 26.0 Å². The fourth-order valence-electron chi connectivity index (χ4n) is 2.22. The van der Waals surface area contributed by atoms with Crippen LogP contribution in [0.25, 0.3) is 16.7 Å². The Hall–Kier alpha value is -2.27. The Balaban J connectivity index is 2.05. The molecule has 0 amide bonds. The number of nitrogens with one attached hydrogen (secondary N) is 1. The summed E-state index contributed by atoms with van der Waals surface area (Å²) in [6.07, 6.45) is 1.86. The third-order valence-corrected chi connectivity index (χ3v) is 3.53. The molecule has 2 heterocycles. The van der Waals surface area contributed by atoms with E-state index in [1.165, 1.54) is 0 Å². The van der Waals surface area contributed by atoms with Crippen LogP contribution in [0.15, 0.2) is 36.5 Å². The Bertz CT molecular complexity index is 813. The summed E-state index contributed by atoms with van der Waals surface area (Å²) in [7, 11) is 1.63. The lowest BCUT2D eigenvalue weighted by atomic mass is 10.2. The normalized spacial score (nSPS) is 11.1. The number of benzene rings is 1. The molecule has 0 bridgehead atoms. The molecule has 0 aliphatic heterocycles. The van der Waals surface area contributed by atoms with E-state index >= 15 is 0 Å². The number of pyridine rings is 1. The zero-order chi connectivity index (χ0) is 15.7. The van der Waals surface area contributed by atoms with Gasteiger partial charge in [-0.1, -0.05) is 11.6 Å². The standard InChI is InChI=1S/C16H17ClN4O/c1-10(2)18-15-6-7-21(20-15)16-9-13(17)12-5-4-11(22-3)8-14(12)19-16/h4-10H,1-3H3,(H,18,20). The van der Waals surface area contributed by atoms with Gasteiger partial charge in [0.2, 0.25) is 0 Å². The monoisotopic (exact) mass is 316 g/mol. The maximum atomic E-state index is 6.36. The van der Waals surface area contributed by atoms with Gasteiger partial charge >= 0.3 is 0 Å². The Morgan fingerprint density at radius 2 is 2.05 bits per heavy atom. The van der Waals surface area contributed by atoms with Crippen molar-refractivity contribution in [2.75, 3.05) is 12.4 Å². The summed E-state index contributed by atoms with van der Waals surface area (Å²) in [4.78, 5) is 4.62. The molecule has 6 heteroatoms. The van der Waals surface area contributed by atoms with Crippen LogP contribution in [0.5, 0.6) is 5.75 Å². The molecule has 0 saturated carbocycles. The van der Waals surface area contributed by atoms with Crippen molar-refractivity contribution in [1.82, 2.24) is 14.8 Å². The van der Waals surface area contributed by atoms with E-state index in [1.54, 1.807) is 11.8 Å². The number of hydrogen-bond donors (Lipinski definition) is 1. The van der Waals surface area contributed by atoms with Crippen LogP contribution in [-0.4, -0.2) is 27.9 Å². The molecule has 0 aliphatic carbocycles. The van der Waals surface area contributed by atoms with Gasteiger partial charge in [-0.25, -0.2) is 9.67 Å². The van der Waals surface area contributed by atoms with E-state index in [0.717, 1.165) is 22.5 Å². The fourth-order valence-corrected chi connectivity index (χ4v) is 2.48. The SMILES string of the molecule is COc1ccc2c(Cl)cc(-n3ccc(NC(C)C)n3)nc2c1. The summed E-state index contributed by atoms with van der Waals surface area (Å²) < 4.78 is 6.94. The topological polar surface area (TPSA) is 52.0 Å². The number of halogens is 1. The van der Waals surface area contributed by atoms with Gasteiger partial charge < -0.3 is 10.1 Å². The molecule has 0 aliphatic rings. The van der Waals surface area contributed by atoms with Crippen LogP contribution >= 0.6 is 11.6 Å². The van der Waals surface area contributed by atoms with Crippen LogP contribution < -0.4 is 10.1 Å². The lowest BCUT2D eigenvalue weighted by Crippen LogP contribution is -2.10. The molecule has 2 aromatic heterocycles. The van der Waals surface area contributed by atoms with E-state index in [1.807, 2.05) is 36.5 Å². The molecule has 0 atom stereocenters. The molecule has 22 heavy (non-hydrogen) atoms. The second-order valence-electron chi connectivity index (χ2n) is 5.29. The third kappa shape index (κ3) is 2.85. The summed E-state index contributed by atoms with van der Waals surface area (Å²) in [6.45, 7) is 4.13. The third-order valence-electron chi connectivity index (χ3n) is 3.21. The van der Waals surface area contributed by atoms with Gasteiger partial charge in [0.15, 0.2) is 5.82 Å². The first-order valence-electron chi connectivity index (χ1n) is 7.03. The number of methoxy groups -OCH3 is 1. The maximum Gasteiger partial charge on any atom is 0.155 e. The molecular weight excluding hydrogens is 300 g/mol. The second kappa shape index (κ2) is 5.85. The van der Waals surface area contributed by atoms with E-state index in [0.29, 0.717) is 16.9 Å². The van der Waals surface area contributed by atoms with Crippen molar-refractivity contribution < 1.29 is 4.74 Å². The van der Waals surface area contributed by atoms with E-state index < -0.39 is 0 Å².